The van der Waals surface area contributed by atoms with Gasteiger partial charge in [-0.2, -0.15) is 0 Å². The highest BCUT2D eigenvalue weighted by Gasteiger charge is 2.16. The van der Waals surface area contributed by atoms with E-state index >= 15 is 0 Å². The van der Waals surface area contributed by atoms with E-state index in [4.69, 9.17) is 0 Å². The summed E-state index contributed by atoms with van der Waals surface area (Å²) < 4.78 is 0. The number of carbonyl (C=O) groups is 1. The fourth-order valence-electron chi connectivity index (χ4n) is 2.42. The number of nitrogens with zero attached hydrogens (tertiary/aromatic N) is 1. The van der Waals surface area contributed by atoms with Crippen LogP contribution in [0.2, 0.25) is 0 Å². The second kappa shape index (κ2) is 7.10. The fourth-order valence-corrected chi connectivity index (χ4v) is 2.42. The van der Waals surface area contributed by atoms with Gasteiger partial charge in [0.2, 0.25) is 5.91 Å². The van der Waals surface area contributed by atoms with Gasteiger partial charge in [-0.3, -0.25) is 4.79 Å². The molecule has 2 rings (SSSR count). The maximum atomic E-state index is 12.0. The molecule has 0 bridgehead atoms. The lowest BCUT2D eigenvalue weighted by molar-refractivity contribution is -0.125. The third-order valence-electron chi connectivity index (χ3n) is 3.53. The smallest absolute Gasteiger partial charge is 0.246 e. The number of nitrogens with one attached hydrogen (secondary N) is 1. The molecule has 1 aromatic carbocycles. The zero-order chi connectivity index (χ0) is 13.5. The Morgan fingerprint density at radius 1 is 1.42 bits per heavy atom. The van der Waals surface area contributed by atoms with Crippen molar-refractivity contribution in [3.8, 4) is 0 Å². The predicted octanol–water partition coefficient (Wildman–Crippen LogP) is 2.16. The Bertz CT molecular complexity index is 422. The van der Waals surface area contributed by atoms with Gasteiger partial charge in [0.25, 0.3) is 0 Å². The normalized spacial score (nSPS) is 19.5. The quantitative estimate of drug-likeness (QED) is 0.839. The van der Waals surface area contributed by atoms with Crippen LogP contribution in [0.25, 0.3) is 6.08 Å². The lowest BCUT2D eigenvalue weighted by Crippen LogP contribution is -2.38. The molecule has 1 N–H and O–H groups in total. The van der Waals surface area contributed by atoms with Crippen LogP contribution in [0.1, 0.15) is 18.4 Å². The first-order chi connectivity index (χ1) is 9.25. The number of piperidine rings is 1. The van der Waals surface area contributed by atoms with Gasteiger partial charge >= 0.3 is 0 Å². The molecular weight excluding hydrogens is 236 g/mol. The van der Waals surface area contributed by atoms with E-state index in [-0.39, 0.29) is 5.91 Å². The van der Waals surface area contributed by atoms with Crippen molar-refractivity contribution in [2.45, 2.75) is 12.8 Å². The molecule has 1 aliphatic rings. The number of rotatable bonds is 4. The first-order valence-corrected chi connectivity index (χ1v) is 6.94. The number of carbonyl (C=O) groups excluding carboxylic acids is 1. The molecule has 0 radical (unpaired) electrons. The van der Waals surface area contributed by atoms with Crippen molar-refractivity contribution in [3.05, 3.63) is 42.0 Å². The van der Waals surface area contributed by atoms with Crippen LogP contribution in [0.5, 0.6) is 0 Å². The van der Waals surface area contributed by atoms with Crippen LogP contribution in [-0.2, 0) is 4.79 Å². The second-order valence-electron chi connectivity index (χ2n) is 5.18. The van der Waals surface area contributed by atoms with E-state index in [0.29, 0.717) is 5.92 Å². The van der Waals surface area contributed by atoms with E-state index in [2.05, 4.69) is 5.32 Å². The summed E-state index contributed by atoms with van der Waals surface area (Å²) in [6.45, 7) is 2.98. The highest BCUT2D eigenvalue weighted by molar-refractivity contribution is 5.91. The number of hydrogen-bond acceptors (Lipinski definition) is 2. The van der Waals surface area contributed by atoms with Crippen molar-refractivity contribution >= 4 is 12.0 Å². The maximum Gasteiger partial charge on any atom is 0.246 e. The summed E-state index contributed by atoms with van der Waals surface area (Å²) in [5.41, 5.74) is 1.06. The first kappa shape index (κ1) is 13.8. The summed E-state index contributed by atoms with van der Waals surface area (Å²) >= 11 is 0. The molecule has 1 unspecified atom stereocenters. The van der Waals surface area contributed by atoms with Gasteiger partial charge < -0.3 is 10.2 Å². The summed E-state index contributed by atoms with van der Waals surface area (Å²) in [7, 11) is 1.88. The van der Waals surface area contributed by atoms with Crippen LogP contribution in [0.4, 0.5) is 0 Å². The molecule has 1 aliphatic heterocycles. The Labute approximate surface area is 115 Å². The predicted molar refractivity (Wildman–Crippen MR) is 78.7 cm³/mol. The van der Waals surface area contributed by atoms with Crippen molar-refractivity contribution < 1.29 is 4.79 Å². The van der Waals surface area contributed by atoms with Gasteiger partial charge in [-0.15, -0.1) is 0 Å². The molecule has 19 heavy (non-hydrogen) atoms. The van der Waals surface area contributed by atoms with E-state index in [0.717, 1.165) is 25.2 Å². The van der Waals surface area contributed by atoms with Crippen LogP contribution >= 0.6 is 0 Å². The minimum absolute atomic E-state index is 0.0782. The van der Waals surface area contributed by atoms with Crippen molar-refractivity contribution in [2.75, 3.05) is 26.7 Å². The summed E-state index contributed by atoms with van der Waals surface area (Å²) in [5, 5.41) is 3.38. The van der Waals surface area contributed by atoms with Gasteiger partial charge in [-0.1, -0.05) is 30.3 Å². The Morgan fingerprint density at radius 2 is 2.21 bits per heavy atom. The first-order valence-electron chi connectivity index (χ1n) is 6.94. The van der Waals surface area contributed by atoms with Gasteiger partial charge in [-0.25, -0.2) is 0 Å². The van der Waals surface area contributed by atoms with Crippen molar-refractivity contribution in [2.24, 2.45) is 5.92 Å². The molecule has 0 aliphatic carbocycles. The molecular formula is C16H22N2O. The molecule has 1 amide bonds. The molecule has 3 heteroatoms. The number of likely N-dealkylation sites (N-methyl/N-ethyl adjacent to an activating group) is 1. The fraction of sp³-hybridized carbons (Fsp3) is 0.438. The molecule has 1 heterocycles. The standard InChI is InChI=1S/C16H22N2O/c1-18(13-15-8-5-11-17-12-15)16(19)10-9-14-6-3-2-4-7-14/h2-4,6-7,9-10,15,17H,5,8,11-13H2,1H3/b10-9+. The van der Waals surface area contributed by atoms with Gasteiger partial charge in [0, 0.05) is 19.7 Å². The number of benzene rings is 1. The van der Waals surface area contributed by atoms with Gasteiger partial charge in [0.15, 0.2) is 0 Å². The van der Waals surface area contributed by atoms with E-state index in [1.807, 2.05) is 48.4 Å². The number of hydrogen-bond donors (Lipinski definition) is 1. The third kappa shape index (κ3) is 4.52. The molecule has 0 spiro atoms. The molecule has 3 nitrogen and oxygen atoms in total. The lowest BCUT2D eigenvalue weighted by atomic mass is 9.99. The molecule has 102 valence electrons. The molecule has 0 aromatic heterocycles. The Kier molecular flexibility index (Phi) is 5.16. The molecule has 1 fully saturated rings. The monoisotopic (exact) mass is 258 g/mol. The number of amides is 1. The van der Waals surface area contributed by atoms with Gasteiger partial charge in [0.1, 0.15) is 0 Å². The SMILES string of the molecule is CN(CC1CCCNC1)C(=O)/C=C/c1ccccc1. The van der Waals surface area contributed by atoms with E-state index in [9.17, 15) is 4.79 Å². The maximum absolute atomic E-state index is 12.0. The van der Waals surface area contributed by atoms with Crippen LogP contribution in [0.15, 0.2) is 36.4 Å². The largest absolute Gasteiger partial charge is 0.342 e. The van der Waals surface area contributed by atoms with Crippen LogP contribution < -0.4 is 5.32 Å². The topological polar surface area (TPSA) is 32.3 Å². The van der Waals surface area contributed by atoms with Gasteiger partial charge in [0.05, 0.1) is 0 Å². The summed E-state index contributed by atoms with van der Waals surface area (Å²) in [6.07, 6.45) is 5.96. The zero-order valence-electron chi connectivity index (χ0n) is 11.5. The van der Waals surface area contributed by atoms with Crippen molar-refractivity contribution in [1.82, 2.24) is 10.2 Å². The van der Waals surface area contributed by atoms with E-state index < -0.39 is 0 Å². The summed E-state index contributed by atoms with van der Waals surface area (Å²) in [4.78, 5) is 13.8. The average molecular weight is 258 g/mol. The third-order valence-corrected chi connectivity index (χ3v) is 3.53. The van der Waals surface area contributed by atoms with Crippen LogP contribution in [-0.4, -0.2) is 37.5 Å². The average Bonchev–Trinajstić information content (AvgIpc) is 2.47. The zero-order valence-corrected chi connectivity index (χ0v) is 11.5. The highest BCUT2D eigenvalue weighted by atomic mass is 16.2. The summed E-state index contributed by atoms with van der Waals surface area (Å²) in [5.74, 6) is 0.669. The van der Waals surface area contributed by atoms with E-state index in [1.165, 1.54) is 12.8 Å². The highest BCUT2D eigenvalue weighted by Crippen LogP contribution is 2.11. The van der Waals surface area contributed by atoms with Crippen molar-refractivity contribution in [1.29, 1.82) is 0 Å². The minimum atomic E-state index is 0.0782. The second-order valence-corrected chi connectivity index (χ2v) is 5.18. The Hall–Kier alpha value is -1.61. The molecule has 1 aromatic rings. The van der Waals surface area contributed by atoms with Crippen LogP contribution in [0.3, 0.4) is 0 Å². The van der Waals surface area contributed by atoms with E-state index in [1.54, 1.807) is 6.08 Å². The molecule has 0 saturated carbocycles. The minimum Gasteiger partial charge on any atom is -0.342 e. The lowest BCUT2D eigenvalue weighted by Gasteiger charge is -2.27. The van der Waals surface area contributed by atoms with Crippen LogP contribution in [0, 0.1) is 5.92 Å². The van der Waals surface area contributed by atoms with Gasteiger partial charge in [-0.05, 0) is 43.5 Å². The molecule has 1 saturated heterocycles. The molecule has 1 atom stereocenters. The van der Waals surface area contributed by atoms with Crippen molar-refractivity contribution in [3.63, 3.8) is 0 Å². The Morgan fingerprint density at radius 3 is 2.89 bits per heavy atom. The summed E-state index contributed by atoms with van der Waals surface area (Å²) in [6, 6.07) is 9.91. The Balaban J connectivity index is 1.83.